The van der Waals surface area contributed by atoms with Crippen molar-refractivity contribution in [2.45, 2.75) is 38.6 Å². The van der Waals surface area contributed by atoms with Gasteiger partial charge in [-0.25, -0.2) is 8.42 Å². The molecule has 0 radical (unpaired) electrons. The minimum atomic E-state index is -3.66. The second-order valence-electron chi connectivity index (χ2n) is 5.71. The Bertz CT molecular complexity index is 644. The molecule has 0 aliphatic heterocycles. The van der Waals surface area contributed by atoms with Crippen LogP contribution in [0.5, 0.6) is 0 Å². The topological polar surface area (TPSA) is 80.5 Å². The van der Waals surface area contributed by atoms with E-state index in [1.807, 2.05) is 31.2 Å². The van der Waals surface area contributed by atoms with Gasteiger partial charge < -0.3 is 5.73 Å². The van der Waals surface area contributed by atoms with Crippen LogP contribution in [-0.2, 0) is 14.8 Å². The van der Waals surface area contributed by atoms with Gasteiger partial charge in [0.05, 0.1) is 6.54 Å². The van der Waals surface area contributed by atoms with Crippen LogP contribution in [0, 0.1) is 6.92 Å². The van der Waals surface area contributed by atoms with Gasteiger partial charge in [-0.2, -0.15) is 4.31 Å². The molecule has 0 unspecified atom stereocenters. The molecule has 1 aliphatic rings. The molecule has 0 atom stereocenters. The summed E-state index contributed by atoms with van der Waals surface area (Å²) in [7, 11) is -3.66. The smallest absolute Gasteiger partial charge is 0.236 e. The predicted octanol–water partition coefficient (Wildman–Crippen LogP) is 2.03. The van der Waals surface area contributed by atoms with E-state index in [0.29, 0.717) is 0 Å². The highest BCUT2D eigenvalue weighted by Gasteiger charge is 2.31. The number of nitrogens with two attached hydrogens (primary N) is 1. The zero-order valence-electron chi connectivity index (χ0n) is 12.7. The maximum Gasteiger partial charge on any atom is 0.236 e. The molecular weight excluding hydrogens is 300 g/mol. The lowest BCUT2D eigenvalue weighted by atomic mass is 10.2. The van der Waals surface area contributed by atoms with Crippen molar-refractivity contribution in [3.8, 4) is 0 Å². The molecule has 2 N–H and O–H groups in total. The number of hydrogen-bond acceptors (Lipinski definition) is 3. The molecule has 1 saturated carbocycles. The Morgan fingerprint density at radius 1 is 1.27 bits per heavy atom. The van der Waals surface area contributed by atoms with E-state index < -0.39 is 15.9 Å². The summed E-state index contributed by atoms with van der Waals surface area (Å²) in [5.41, 5.74) is 7.13. The van der Waals surface area contributed by atoms with Gasteiger partial charge in [0.25, 0.3) is 0 Å². The number of primary amides is 1. The van der Waals surface area contributed by atoms with E-state index in [9.17, 15) is 13.2 Å². The average molecular weight is 322 g/mol. The van der Waals surface area contributed by atoms with Crippen LogP contribution in [0.3, 0.4) is 0 Å². The monoisotopic (exact) mass is 322 g/mol. The lowest BCUT2D eigenvalue weighted by Gasteiger charge is -2.25. The number of nitrogens with zero attached hydrogens (tertiary/aromatic N) is 1. The van der Waals surface area contributed by atoms with Crippen LogP contribution < -0.4 is 5.73 Å². The maximum absolute atomic E-state index is 12.5. The van der Waals surface area contributed by atoms with Crippen LogP contribution in [0.1, 0.15) is 36.8 Å². The molecule has 1 fully saturated rings. The van der Waals surface area contributed by atoms with E-state index in [1.54, 1.807) is 6.08 Å². The maximum atomic E-state index is 12.5. The molecule has 22 heavy (non-hydrogen) atoms. The summed E-state index contributed by atoms with van der Waals surface area (Å²) in [5, 5.41) is 1.17. The number of rotatable bonds is 6. The van der Waals surface area contributed by atoms with E-state index in [-0.39, 0.29) is 12.6 Å². The number of sulfonamides is 1. The standard InChI is InChI=1S/C16H22N2O3S/c1-13-6-8-14(9-7-13)10-11-22(20,21)18(12-16(17)19)15-4-2-3-5-15/h6-11,15H,2-5,12H2,1H3,(H2,17,19)/b11-10+. The molecule has 1 aromatic carbocycles. The van der Waals surface area contributed by atoms with Gasteiger partial charge in [0.15, 0.2) is 0 Å². The number of aryl methyl sites for hydroxylation is 1. The second kappa shape index (κ2) is 7.07. The molecule has 0 saturated heterocycles. The summed E-state index contributed by atoms with van der Waals surface area (Å²) in [6, 6.07) is 7.43. The van der Waals surface area contributed by atoms with Gasteiger partial charge in [0.1, 0.15) is 0 Å². The van der Waals surface area contributed by atoms with Crippen LogP contribution in [0.25, 0.3) is 6.08 Å². The summed E-state index contributed by atoms with van der Waals surface area (Å²) in [6.45, 7) is 1.71. The Kier molecular flexibility index (Phi) is 5.37. The third-order valence-corrected chi connectivity index (χ3v) is 5.44. The van der Waals surface area contributed by atoms with Gasteiger partial charge in [-0.05, 0) is 31.4 Å². The minimum absolute atomic E-state index is 0.125. The van der Waals surface area contributed by atoms with E-state index in [2.05, 4.69) is 0 Å². The van der Waals surface area contributed by atoms with Crippen LogP contribution in [0.4, 0.5) is 0 Å². The third kappa shape index (κ3) is 4.42. The molecular formula is C16H22N2O3S. The van der Waals surface area contributed by atoms with Gasteiger partial charge in [-0.3, -0.25) is 4.79 Å². The second-order valence-corrected chi connectivity index (χ2v) is 7.48. The number of amides is 1. The Balaban J connectivity index is 2.20. The Morgan fingerprint density at radius 2 is 1.86 bits per heavy atom. The van der Waals surface area contributed by atoms with Crippen molar-refractivity contribution in [2.24, 2.45) is 5.73 Å². The van der Waals surface area contributed by atoms with Crippen molar-refractivity contribution in [1.29, 1.82) is 0 Å². The first-order valence-corrected chi connectivity index (χ1v) is 8.94. The third-order valence-electron chi connectivity index (χ3n) is 3.88. The van der Waals surface area contributed by atoms with Crippen molar-refractivity contribution in [2.75, 3.05) is 6.54 Å². The molecule has 6 heteroatoms. The Morgan fingerprint density at radius 3 is 2.41 bits per heavy atom. The number of carbonyl (C=O) groups excluding carboxylic acids is 1. The van der Waals surface area contributed by atoms with Gasteiger partial charge in [0.2, 0.25) is 15.9 Å². The minimum Gasteiger partial charge on any atom is -0.369 e. The lowest BCUT2D eigenvalue weighted by Crippen LogP contribution is -2.43. The molecule has 0 bridgehead atoms. The van der Waals surface area contributed by atoms with Crippen LogP contribution >= 0.6 is 0 Å². The fourth-order valence-electron chi connectivity index (χ4n) is 2.69. The van der Waals surface area contributed by atoms with Crippen molar-refractivity contribution in [3.05, 3.63) is 40.8 Å². The quantitative estimate of drug-likeness (QED) is 0.870. The summed E-state index contributed by atoms with van der Waals surface area (Å²) < 4.78 is 26.3. The lowest BCUT2D eigenvalue weighted by molar-refractivity contribution is -0.118. The van der Waals surface area contributed by atoms with Gasteiger partial charge in [-0.15, -0.1) is 0 Å². The van der Waals surface area contributed by atoms with Crippen molar-refractivity contribution in [3.63, 3.8) is 0 Å². The summed E-state index contributed by atoms with van der Waals surface area (Å²) >= 11 is 0. The van der Waals surface area contributed by atoms with Crippen molar-refractivity contribution < 1.29 is 13.2 Å². The predicted molar refractivity (Wildman–Crippen MR) is 87.3 cm³/mol. The highest BCUT2D eigenvalue weighted by atomic mass is 32.2. The van der Waals surface area contributed by atoms with E-state index in [0.717, 1.165) is 36.8 Å². The molecule has 0 spiro atoms. The molecule has 0 aromatic heterocycles. The van der Waals surface area contributed by atoms with Gasteiger partial charge >= 0.3 is 0 Å². The van der Waals surface area contributed by atoms with Crippen LogP contribution in [-0.4, -0.2) is 31.2 Å². The van der Waals surface area contributed by atoms with Crippen LogP contribution in [0.2, 0.25) is 0 Å². The fraction of sp³-hybridized carbons (Fsp3) is 0.438. The molecule has 2 rings (SSSR count). The highest BCUT2D eigenvalue weighted by molar-refractivity contribution is 7.92. The van der Waals surface area contributed by atoms with Gasteiger partial charge in [-0.1, -0.05) is 42.7 Å². The first kappa shape index (κ1) is 16.7. The summed E-state index contributed by atoms with van der Waals surface area (Å²) in [5.74, 6) is -0.626. The first-order chi connectivity index (χ1) is 10.4. The molecule has 1 amide bonds. The summed E-state index contributed by atoms with van der Waals surface area (Å²) in [4.78, 5) is 11.2. The average Bonchev–Trinajstić information content (AvgIpc) is 2.97. The van der Waals surface area contributed by atoms with Gasteiger partial charge in [0, 0.05) is 11.4 Å². The van der Waals surface area contributed by atoms with Crippen molar-refractivity contribution >= 4 is 22.0 Å². The molecule has 1 aromatic rings. The van der Waals surface area contributed by atoms with E-state index in [4.69, 9.17) is 5.73 Å². The largest absolute Gasteiger partial charge is 0.369 e. The molecule has 120 valence electrons. The fourth-order valence-corrected chi connectivity index (χ4v) is 4.11. The Hall–Kier alpha value is -1.66. The number of carbonyl (C=O) groups is 1. The number of benzene rings is 1. The zero-order chi connectivity index (χ0) is 16.2. The zero-order valence-corrected chi connectivity index (χ0v) is 13.6. The first-order valence-electron chi connectivity index (χ1n) is 7.43. The van der Waals surface area contributed by atoms with E-state index in [1.165, 1.54) is 9.71 Å². The summed E-state index contributed by atoms with van der Waals surface area (Å²) in [6.07, 6.45) is 5.09. The normalized spacial score (nSPS) is 16.6. The molecule has 5 nitrogen and oxygen atoms in total. The molecule has 1 aliphatic carbocycles. The van der Waals surface area contributed by atoms with E-state index >= 15 is 0 Å². The molecule has 0 heterocycles. The highest BCUT2D eigenvalue weighted by Crippen LogP contribution is 2.26. The van der Waals surface area contributed by atoms with Crippen molar-refractivity contribution in [1.82, 2.24) is 4.31 Å². The SMILES string of the molecule is Cc1ccc(/C=C/S(=O)(=O)N(CC(N)=O)C2CCCC2)cc1. The Labute approximate surface area is 131 Å². The number of hydrogen-bond donors (Lipinski definition) is 1. The van der Waals surface area contributed by atoms with Crippen LogP contribution in [0.15, 0.2) is 29.7 Å².